The molecule has 0 aliphatic carbocycles. The van der Waals surface area contributed by atoms with Crippen molar-refractivity contribution < 1.29 is 23.1 Å². The van der Waals surface area contributed by atoms with Gasteiger partial charge >= 0.3 is 12.0 Å². The van der Waals surface area contributed by atoms with Crippen molar-refractivity contribution in [2.24, 2.45) is 0 Å². The number of esters is 1. The molecular weight excluding hydrogens is 420 g/mol. The number of halogens is 2. The Balaban J connectivity index is 1.61. The highest BCUT2D eigenvalue weighted by Crippen LogP contribution is 2.26. The molecule has 0 spiro atoms. The number of hydrogen-bond donors (Lipinski definition) is 1. The van der Waals surface area contributed by atoms with Crippen LogP contribution in [0.2, 0.25) is 0 Å². The van der Waals surface area contributed by atoms with E-state index in [4.69, 9.17) is 4.74 Å². The van der Waals surface area contributed by atoms with Gasteiger partial charge in [-0.1, -0.05) is 0 Å². The summed E-state index contributed by atoms with van der Waals surface area (Å²) in [4.78, 5) is 33.7. The van der Waals surface area contributed by atoms with Crippen LogP contribution in [0.25, 0.3) is 0 Å². The highest BCUT2D eigenvalue weighted by Gasteiger charge is 2.21. The Labute approximate surface area is 185 Å². The zero-order valence-corrected chi connectivity index (χ0v) is 18.4. The molecule has 2 amide bonds. The lowest BCUT2D eigenvalue weighted by atomic mass is 10.2. The van der Waals surface area contributed by atoms with E-state index in [1.165, 1.54) is 11.1 Å². The molecule has 0 bridgehead atoms. The smallest absolute Gasteiger partial charge is 0.339 e. The molecule has 2 heterocycles. The van der Waals surface area contributed by atoms with E-state index in [-0.39, 0.29) is 11.4 Å². The molecule has 172 valence electrons. The van der Waals surface area contributed by atoms with Gasteiger partial charge < -0.3 is 24.8 Å². The molecule has 1 aromatic heterocycles. The van der Waals surface area contributed by atoms with Crippen molar-refractivity contribution in [1.82, 2.24) is 9.88 Å². The third-order valence-electron chi connectivity index (χ3n) is 5.08. The molecule has 1 aromatic carbocycles. The van der Waals surface area contributed by atoms with Crippen molar-refractivity contribution in [2.45, 2.75) is 13.3 Å². The Morgan fingerprint density at radius 3 is 2.44 bits per heavy atom. The summed E-state index contributed by atoms with van der Waals surface area (Å²) in [5.41, 5.74) is 0.286. The van der Waals surface area contributed by atoms with Crippen LogP contribution in [-0.2, 0) is 4.74 Å². The van der Waals surface area contributed by atoms with Crippen LogP contribution >= 0.6 is 0 Å². The van der Waals surface area contributed by atoms with Crippen molar-refractivity contribution in [3.05, 3.63) is 47.7 Å². The third kappa shape index (κ3) is 5.43. The summed E-state index contributed by atoms with van der Waals surface area (Å²) in [6, 6.07) is 5.20. The molecule has 32 heavy (non-hydrogen) atoms. The van der Waals surface area contributed by atoms with E-state index < -0.39 is 23.6 Å². The van der Waals surface area contributed by atoms with Crippen LogP contribution in [0.1, 0.15) is 23.7 Å². The Bertz CT molecular complexity index is 946. The van der Waals surface area contributed by atoms with Crippen LogP contribution in [0.4, 0.5) is 30.8 Å². The Kier molecular flexibility index (Phi) is 7.45. The minimum absolute atomic E-state index is 0.0629. The third-order valence-corrected chi connectivity index (χ3v) is 5.08. The lowest BCUT2D eigenvalue weighted by molar-refractivity contribution is 0.0526. The van der Waals surface area contributed by atoms with Crippen molar-refractivity contribution in [3.8, 4) is 0 Å². The van der Waals surface area contributed by atoms with Gasteiger partial charge in [-0.15, -0.1) is 0 Å². The summed E-state index contributed by atoms with van der Waals surface area (Å²) in [6.45, 7) is 4.14. The van der Waals surface area contributed by atoms with Gasteiger partial charge in [0.25, 0.3) is 0 Å². The first kappa shape index (κ1) is 23.2. The number of hydrogen-bond acceptors (Lipinski definition) is 6. The van der Waals surface area contributed by atoms with Gasteiger partial charge in [0.1, 0.15) is 11.5 Å². The van der Waals surface area contributed by atoms with Crippen molar-refractivity contribution >= 4 is 29.2 Å². The number of urea groups is 1. The van der Waals surface area contributed by atoms with E-state index in [2.05, 4.69) is 10.3 Å². The molecule has 0 atom stereocenters. The van der Waals surface area contributed by atoms with Crippen molar-refractivity contribution in [2.75, 3.05) is 62.0 Å². The van der Waals surface area contributed by atoms with Gasteiger partial charge in [0, 0.05) is 52.2 Å². The van der Waals surface area contributed by atoms with Gasteiger partial charge in [-0.25, -0.2) is 23.4 Å². The predicted octanol–water partition coefficient (Wildman–Crippen LogP) is 3.35. The van der Waals surface area contributed by atoms with Gasteiger partial charge in [0.2, 0.25) is 0 Å². The fourth-order valence-corrected chi connectivity index (χ4v) is 3.53. The minimum atomic E-state index is -0.746. The maximum Gasteiger partial charge on any atom is 0.339 e. The molecule has 8 nitrogen and oxygen atoms in total. The molecule has 10 heteroatoms. The Hall–Kier alpha value is -3.43. The fraction of sp³-hybridized carbons (Fsp3) is 0.409. The lowest BCUT2D eigenvalue weighted by Crippen LogP contribution is -2.38. The molecule has 3 rings (SSSR count). The number of ether oxygens (including phenoxy) is 1. The van der Waals surface area contributed by atoms with Crippen LogP contribution < -0.4 is 15.1 Å². The van der Waals surface area contributed by atoms with Crippen LogP contribution in [0.5, 0.6) is 0 Å². The van der Waals surface area contributed by atoms with E-state index >= 15 is 0 Å². The van der Waals surface area contributed by atoms with Crippen LogP contribution in [0.3, 0.4) is 0 Å². The molecule has 0 unspecified atom stereocenters. The summed E-state index contributed by atoms with van der Waals surface area (Å²) < 4.78 is 33.3. The number of carbonyl (C=O) groups is 2. The monoisotopic (exact) mass is 447 g/mol. The molecule has 0 saturated carbocycles. The quantitative estimate of drug-likeness (QED) is 0.709. The number of pyridine rings is 1. The summed E-state index contributed by atoms with van der Waals surface area (Å²) in [7, 11) is 3.09. The Morgan fingerprint density at radius 1 is 1.12 bits per heavy atom. The zero-order valence-electron chi connectivity index (χ0n) is 18.4. The number of anilines is 3. The number of nitrogens with one attached hydrogen (secondary N) is 1. The second-order valence-corrected chi connectivity index (χ2v) is 7.57. The van der Waals surface area contributed by atoms with Gasteiger partial charge in [0.15, 0.2) is 11.6 Å². The summed E-state index contributed by atoms with van der Waals surface area (Å²) >= 11 is 0. The second kappa shape index (κ2) is 10.3. The van der Waals surface area contributed by atoms with Crippen LogP contribution in [-0.4, -0.2) is 68.8 Å². The maximum atomic E-state index is 14.2. The van der Waals surface area contributed by atoms with Gasteiger partial charge in [0.05, 0.1) is 12.2 Å². The molecule has 1 aliphatic heterocycles. The summed E-state index contributed by atoms with van der Waals surface area (Å²) in [6.07, 6.45) is 2.17. The largest absolute Gasteiger partial charge is 0.462 e. The molecule has 1 saturated heterocycles. The number of benzene rings is 1. The maximum absolute atomic E-state index is 14.2. The first-order valence-corrected chi connectivity index (χ1v) is 10.4. The molecule has 2 aromatic rings. The molecular formula is C22H27F2N5O3. The summed E-state index contributed by atoms with van der Waals surface area (Å²) in [5.74, 6) is -1.21. The number of rotatable bonds is 5. The molecule has 0 radical (unpaired) electrons. The van der Waals surface area contributed by atoms with E-state index in [1.807, 2.05) is 4.90 Å². The number of aromatic nitrogens is 1. The van der Waals surface area contributed by atoms with Crippen LogP contribution in [0, 0.1) is 11.6 Å². The topological polar surface area (TPSA) is 78.0 Å². The number of carbonyl (C=O) groups excluding carboxylic acids is 2. The molecule has 1 fully saturated rings. The standard InChI is InChI=1S/C22H27F2N5O3/c1-4-32-21(30)15-6-7-19(25-14-15)28-8-5-9-29(11-10-28)22(31)26-16-12-17(23)20(27(2)3)18(24)13-16/h6-7,12-14H,4-5,8-11H2,1-3H3,(H,26,31). The lowest BCUT2D eigenvalue weighted by Gasteiger charge is -2.23. The zero-order chi connectivity index (χ0) is 23.3. The Morgan fingerprint density at radius 2 is 1.84 bits per heavy atom. The highest BCUT2D eigenvalue weighted by molar-refractivity contribution is 5.90. The minimum Gasteiger partial charge on any atom is -0.462 e. The first-order valence-electron chi connectivity index (χ1n) is 10.4. The van der Waals surface area contributed by atoms with Crippen molar-refractivity contribution in [1.29, 1.82) is 0 Å². The van der Waals surface area contributed by atoms with E-state index in [0.717, 1.165) is 12.1 Å². The number of nitrogens with zero attached hydrogens (tertiary/aromatic N) is 4. The van der Waals surface area contributed by atoms with Gasteiger partial charge in [-0.3, -0.25) is 0 Å². The van der Waals surface area contributed by atoms with Gasteiger partial charge in [-0.05, 0) is 37.6 Å². The SMILES string of the molecule is CCOC(=O)c1ccc(N2CCCN(C(=O)Nc3cc(F)c(N(C)C)c(F)c3)CC2)nc1. The molecule has 1 aliphatic rings. The fourth-order valence-electron chi connectivity index (χ4n) is 3.53. The predicted molar refractivity (Wildman–Crippen MR) is 118 cm³/mol. The average molecular weight is 447 g/mol. The van der Waals surface area contributed by atoms with Gasteiger partial charge in [-0.2, -0.15) is 0 Å². The van der Waals surface area contributed by atoms with E-state index in [1.54, 1.807) is 38.1 Å². The summed E-state index contributed by atoms with van der Waals surface area (Å²) in [5, 5.41) is 2.58. The van der Waals surface area contributed by atoms with E-state index in [9.17, 15) is 18.4 Å². The average Bonchev–Trinajstić information content (AvgIpc) is 2.99. The first-order chi connectivity index (χ1) is 15.3. The van der Waals surface area contributed by atoms with E-state index in [0.29, 0.717) is 50.6 Å². The number of amides is 2. The molecule has 1 N–H and O–H groups in total. The second-order valence-electron chi connectivity index (χ2n) is 7.57. The normalized spacial score (nSPS) is 14.0. The van der Waals surface area contributed by atoms with Crippen LogP contribution in [0.15, 0.2) is 30.5 Å². The highest BCUT2D eigenvalue weighted by atomic mass is 19.1. The van der Waals surface area contributed by atoms with Crippen molar-refractivity contribution in [3.63, 3.8) is 0 Å².